The molecule has 0 aliphatic heterocycles. The van der Waals surface area contributed by atoms with Crippen LogP contribution in [0.5, 0.6) is 0 Å². The lowest BCUT2D eigenvalue weighted by Crippen LogP contribution is -2.46. The van der Waals surface area contributed by atoms with Gasteiger partial charge in [0.2, 0.25) is 0 Å². The van der Waals surface area contributed by atoms with Crippen LogP contribution in [-0.2, 0) is 11.3 Å². The minimum atomic E-state index is -1.13. The molecule has 0 fully saturated rings. The number of carboxylic acids is 1. The molecule has 0 aromatic heterocycles. The molecule has 1 aromatic carbocycles. The predicted molar refractivity (Wildman–Crippen MR) is 72.6 cm³/mol. The second-order valence-corrected chi connectivity index (χ2v) is 5.08. The maximum atomic E-state index is 13.4. The van der Waals surface area contributed by atoms with E-state index < -0.39 is 29.7 Å². The number of carboxylic acid groups (broad SMARTS) is 1. The van der Waals surface area contributed by atoms with Crippen molar-refractivity contribution in [2.45, 2.75) is 32.9 Å². The highest BCUT2D eigenvalue weighted by molar-refractivity contribution is 5.82. The van der Waals surface area contributed by atoms with E-state index in [-0.39, 0.29) is 24.4 Å². The molecule has 0 aliphatic rings. The van der Waals surface area contributed by atoms with Gasteiger partial charge < -0.3 is 15.7 Å². The number of benzene rings is 1. The van der Waals surface area contributed by atoms with Gasteiger partial charge in [-0.25, -0.2) is 18.4 Å². The molecule has 0 saturated carbocycles. The van der Waals surface area contributed by atoms with Crippen LogP contribution >= 0.6 is 0 Å². The van der Waals surface area contributed by atoms with Crippen molar-refractivity contribution in [2.24, 2.45) is 5.92 Å². The SMILES string of the molecule is CC(C)C[C@@H](NC(=O)NCc1ccc(F)cc1F)C(=O)O. The number of hydrogen-bond acceptors (Lipinski definition) is 2. The van der Waals surface area contributed by atoms with Crippen LogP contribution in [0.25, 0.3) is 0 Å². The van der Waals surface area contributed by atoms with Crippen LogP contribution in [0.3, 0.4) is 0 Å². The van der Waals surface area contributed by atoms with Crippen LogP contribution < -0.4 is 10.6 Å². The van der Waals surface area contributed by atoms with Crippen LogP contribution in [0.1, 0.15) is 25.8 Å². The largest absolute Gasteiger partial charge is 0.480 e. The summed E-state index contributed by atoms with van der Waals surface area (Å²) in [5, 5.41) is 13.6. The summed E-state index contributed by atoms with van der Waals surface area (Å²) in [4.78, 5) is 22.6. The summed E-state index contributed by atoms with van der Waals surface area (Å²) < 4.78 is 26.1. The summed E-state index contributed by atoms with van der Waals surface area (Å²) >= 11 is 0. The molecule has 0 saturated heterocycles. The molecule has 116 valence electrons. The number of urea groups is 1. The molecule has 1 aromatic rings. The Morgan fingerprint density at radius 1 is 1.29 bits per heavy atom. The average Bonchev–Trinajstić information content (AvgIpc) is 2.36. The quantitative estimate of drug-likeness (QED) is 0.754. The van der Waals surface area contributed by atoms with E-state index in [2.05, 4.69) is 10.6 Å². The van der Waals surface area contributed by atoms with E-state index in [0.29, 0.717) is 6.07 Å². The van der Waals surface area contributed by atoms with Gasteiger partial charge in [-0.3, -0.25) is 0 Å². The van der Waals surface area contributed by atoms with Crippen molar-refractivity contribution in [2.75, 3.05) is 0 Å². The normalized spacial score (nSPS) is 12.0. The summed E-state index contributed by atoms with van der Waals surface area (Å²) in [5.41, 5.74) is 0.113. The molecule has 0 radical (unpaired) electrons. The van der Waals surface area contributed by atoms with Crippen molar-refractivity contribution >= 4 is 12.0 Å². The number of aliphatic carboxylic acids is 1. The zero-order valence-corrected chi connectivity index (χ0v) is 11.8. The Balaban J connectivity index is 2.54. The van der Waals surface area contributed by atoms with E-state index in [1.165, 1.54) is 6.07 Å². The third-order valence-corrected chi connectivity index (χ3v) is 2.77. The van der Waals surface area contributed by atoms with Gasteiger partial charge in [0, 0.05) is 18.2 Å². The molecule has 21 heavy (non-hydrogen) atoms. The van der Waals surface area contributed by atoms with Crippen LogP contribution in [-0.4, -0.2) is 23.1 Å². The fraction of sp³-hybridized carbons (Fsp3) is 0.429. The van der Waals surface area contributed by atoms with Gasteiger partial charge in [-0.15, -0.1) is 0 Å². The van der Waals surface area contributed by atoms with Gasteiger partial charge in [-0.05, 0) is 18.4 Å². The van der Waals surface area contributed by atoms with Crippen LogP contribution in [0.15, 0.2) is 18.2 Å². The number of carbonyl (C=O) groups excluding carboxylic acids is 1. The molecule has 7 heteroatoms. The molecule has 0 unspecified atom stereocenters. The first kappa shape index (κ1) is 16.9. The number of amides is 2. The van der Waals surface area contributed by atoms with Crippen molar-refractivity contribution in [1.29, 1.82) is 0 Å². The summed E-state index contributed by atoms with van der Waals surface area (Å²) in [6.45, 7) is 3.51. The van der Waals surface area contributed by atoms with Crippen LogP contribution in [0.4, 0.5) is 13.6 Å². The van der Waals surface area contributed by atoms with Gasteiger partial charge in [0.15, 0.2) is 0 Å². The van der Waals surface area contributed by atoms with Crippen molar-refractivity contribution in [1.82, 2.24) is 10.6 Å². The molecule has 1 atom stereocenters. The summed E-state index contributed by atoms with van der Waals surface area (Å²) in [6.07, 6.45) is 0.285. The topological polar surface area (TPSA) is 78.4 Å². The van der Waals surface area contributed by atoms with Crippen molar-refractivity contribution in [3.8, 4) is 0 Å². The first-order valence-electron chi connectivity index (χ1n) is 6.50. The smallest absolute Gasteiger partial charge is 0.326 e. The van der Waals surface area contributed by atoms with E-state index in [9.17, 15) is 18.4 Å². The standard InChI is InChI=1S/C14H18F2N2O3/c1-8(2)5-12(13(19)20)18-14(21)17-7-9-3-4-10(15)6-11(9)16/h3-4,6,8,12H,5,7H2,1-2H3,(H,19,20)(H2,17,18,21)/t12-/m1/s1. The van der Waals surface area contributed by atoms with E-state index in [4.69, 9.17) is 5.11 Å². The fourth-order valence-corrected chi connectivity index (χ4v) is 1.74. The Morgan fingerprint density at radius 3 is 2.48 bits per heavy atom. The average molecular weight is 300 g/mol. The first-order valence-corrected chi connectivity index (χ1v) is 6.50. The second kappa shape index (κ2) is 7.56. The fourth-order valence-electron chi connectivity index (χ4n) is 1.74. The number of hydrogen-bond donors (Lipinski definition) is 3. The Hall–Kier alpha value is -2.18. The molecule has 1 rings (SSSR count). The molecule has 3 N–H and O–H groups in total. The highest BCUT2D eigenvalue weighted by Gasteiger charge is 2.20. The molecule has 5 nitrogen and oxygen atoms in total. The lowest BCUT2D eigenvalue weighted by molar-refractivity contribution is -0.139. The number of nitrogens with one attached hydrogen (secondary N) is 2. The summed E-state index contributed by atoms with van der Waals surface area (Å²) in [7, 11) is 0. The van der Waals surface area contributed by atoms with E-state index in [1.54, 1.807) is 0 Å². The highest BCUT2D eigenvalue weighted by atomic mass is 19.1. The number of carbonyl (C=O) groups is 2. The zero-order valence-electron chi connectivity index (χ0n) is 11.8. The van der Waals surface area contributed by atoms with Gasteiger partial charge in [0.05, 0.1) is 0 Å². The van der Waals surface area contributed by atoms with Gasteiger partial charge in [-0.2, -0.15) is 0 Å². The van der Waals surface area contributed by atoms with E-state index in [1.807, 2.05) is 13.8 Å². The number of rotatable bonds is 6. The lowest BCUT2D eigenvalue weighted by Gasteiger charge is -2.17. The minimum Gasteiger partial charge on any atom is -0.480 e. The summed E-state index contributed by atoms with van der Waals surface area (Å²) in [5.74, 6) is -2.51. The molecule has 2 amide bonds. The molecular formula is C14H18F2N2O3. The second-order valence-electron chi connectivity index (χ2n) is 5.08. The van der Waals surface area contributed by atoms with E-state index in [0.717, 1.165) is 6.07 Å². The monoisotopic (exact) mass is 300 g/mol. The van der Waals surface area contributed by atoms with Crippen molar-refractivity contribution < 1.29 is 23.5 Å². The van der Waals surface area contributed by atoms with Gasteiger partial charge in [0.25, 0.3) is 0 Å². The minimum absolute atomic E-state index is 0.0981. The predicted octanol–water partition coefficient (Wildman–Crippen LogP) is 2.26. The molecule has 0 spiro atoms. The van der Waals surface area contributed by atoms with Crippen LogP contribution in [0.2, 0.25) is 0 Å². The van der Waals surface area contributed by atoms with Gasteiger partial charge in [-0.1, -0.05) is 19.9 Å². The van der Waals surface area contributed by atoms with Crippen molar-refractivity contribution in [3.05, 3.63) is 35.4 Å². The molecule has 0 heterocycles. The molecule has 0 aliphatic carbocycles. The molecular weight excluding hydrogens is 282 g/mol. The maximum Gasteiger partial charge on any atom is 0.326 e. The summed E-state index contributed by atoms with van der Waals surface area (Å²) in [6, 6.07) is 1.29. The number of halogens is 2. The maximum absolute atomic E-state index is 13.4. The van der Waals surface area contributed by atoms with Crippen LogP contribution in [0, 0.1) is 17.6 Å². The Bertz CT molecular complexity index is 521. The zero-order chi connectivity index (χ0) is 16.0. The highest BCUT2D eigenvalue weighted by Crippen LogP contribution is 2.09. The Kier molecular flexibility index (Phi) is 6.08. The molecule has 0 bridgehead atoms. The Morgan fingerprint density at radius 2 is 1.95 bits per heavy atom. The third-order valence-electron chi connectivity index (χ3n) is 2.77. The van der Waals surface area contributed by atoms with E-state index >= 15 is 0 Å². The lowest BCUT2D eigenvalue weighted by atomic mass is 10.0. The Labute approximate surface area is 121 Å². The third kappa shape index (κ3) is 5.76. The first-order chi connectivity index (χ1) is 9.79. The van der Waals surface area contributed by atoms with Gasteiger partial charge in [0.1, 0.15) is 17.7 Å². The van der Waals surface area contributed by atoms with Gasteiger partial charge >= 0.3 is 12.0 Å². The van der Waals surface area contributed by atoms with Crippen molar-refractivity contribution in [3.63, 3.8) is 0 Å².